The maximum Gasteiger partial charge on any atom is 0.513 e. The minimum Gasteiger partial charge on any atom is -0.490 e. The first kappa shape index (κ1) is 27.1. The van der Waals surface area contributed by atoms with E-state index in [1.54, 1.807) is 24.3 Å². The summed E-state index contributed by atoms with van der Waals surface area (Å²) in [6, 6.07) is 6.99. The van der Waals surface area contributed by atoms with Gasteiger partial charge in [0.15, 0.2) is 11.5 Å². The molecule has 0 saturated carbocycles. The smallest absolute Gasteiger partial charge is 0.490 e. The first-order valence-electron chi connectivity index (χ1n) is 11.9. The molecule has 0 saturated heterocycles. The molecule has 0 aliphatic heterocycles. The van der Waals surface area contributed by atoms with Crippen LogP contribution in [-0.2, 0) is 9.47 Å². The molecule has 0 heterocycles. The van der Waals surface area contributed by atoms with Crippen LogP contribution in [-0.4, -0.2) is 39.7 Å². The maximum atomic E-state index is 12.4. The fourth-order valence-corrected chi connectivity index (χ4v) is 3.50. The zero-order valence-electron chi connectivity index (χ0n) is 20.6. The number of unbranched alkanes of at least 4 members (excludes halogenated alkanes) is 6. The van der Waals surface area contributed by atoms with E-state index in [-0.39, 0.29) is 36.2 Å². The Hall–Kier alpha value is -3.16. The van der Waals surface area contributed by atoms with E-state index < -0.39 is 12.3 Å². The van der Waals surface area contributed by atoms with Crippen molar-refractivity contribution >= 4 is 23.1 Å². The topological polar surface area (TPSA) is 89.5 Å². The fourth-order valence-electron chi connectivity index (χ4n) is 3.50. The van der Waals surface area contributed by atoms with E-state index in [0.29, 0.717) is 10.8 Å². The highest BCUT2D eigenvalue weighted by Crippen LogP contribution is 2.51. The van der Waals surface area contributed by atoms with Crippen LogP contribution in [0.25, 0.3) is 10.8 Å². The number of fused-ring (bicyclic) bond motifs is 1. The molecule has 2 rings (SSSR count). The molecule has 0 spiro atoms. The second kappa shape index (κ2) is 14.9. The first-order valence-corrected chi connectivity index (χ1v) is 11.9. The lowest BCUT2D eigenvalue weighted by molar-refractivity contribution is 0.0939. The van der Waals surface area contributed by atoms with Crippen molar-refractivity contribution in [2.45, 2.75) is 65.2 Å². The fraction of sp³-hybridized carbons (Fsp3) is 0.538. The second-order valence-electron chi connectivity index (χ2n) is 7.79. The average molecular weight is 477 g/mol. The number of carbonyl (C=O) groups is 2. The second-order valence-corrected chi connectivity index (χ2v) is 7.79. The van der Waals surface area contributed by atoms with E-state index in [1.807, 2.05) is 0 Å². The van der Waals surface area contributed by atoms with Gasteiger partial charge in [-0.05, 0) is 12.8 Å². The summed E-state index contributed by atoms with van der Waals surface area (Å²) in [6.07, 6.45) is 6.13. The molecule has 0 atom stereocenters. The van der Waals surface area contributed by atoms with Crippen molar-refractivity contribution in [2.75, 3.05) is 27.4 Å². The van der Waals surface area contributed by atoms with Gasteiger partial charge in [-0.15, -0.1) is 0 Å². The van der Waals surface area contributed by atoms with Gasteiger partial charge in [0.25, 0.3) is 0 Å². The Kier molecular flexibility index (Phi) is 11.9. The van der Waals surface area contributed by atoms with Gasteiger partial charge in [0, 0.05) is 10.8 Å². The molecule has 0 bridgehead atoms. The number of methoxy groups -OCH3 is 2. The van der Waals surface area contributed by atoms with Crippen LogP contribution in [0.2, 0.25) is 0 Å². The highest BCUT2D eigenvalue weighted by molar-refractivity contribution is 6.00. The van der Waals surface area contributed by atoms with E-state index in [0.717, 1.165) is 51.4 Å². The third-order valence-electron chi connectivity index (χ3n) is 5.25. The minimum atomic E-state index is -0.845. The van der Waals surface area contributed by atoms with Crippen molar-refractivity contribution in [3.05, 3.63) is 24.3 Å². The van der Waals surface area contributed by atoms with E-state index in [9.17, 15) is 9.59 Å². The van der Waals surface area contributed by atoms with Crippen LogP contribution in [0.1, 0.15) is 65.2 Å². The maximum absolute atomic E-state index is 12.4. The van der Waals surface area contributed by atoms with Crippen LogP contribution in [0, 0.1) is 0 Å². The summed E-state index contributed by atoms with van der Waals surface area (Å²) < 4.78 is 32.5. The third kappa shape index (κ3) is 7.71. The van der Waals surface area contributed by atoms with Crippen LogP contribution in [0.15, 0.2) is 24.3 Å². The normalized spacial score (nSPS) is 10.6. The Bertz CT molecular complexity index is 850. The van der Waals surface area contributed by atoms with Crippen LogP contribution >= 0.6 is 0 Å². The minimum absolute atomic E-state index is 0.106. The summed E-state index contributed by atoms with van der Waals surface area (Å²) in [7, 11) is 2.82. The van der Waals surface area contributed by atoms with Crippen molar-refractivity contribution in [3.63, 3.8) is 0 Å². The predicted molar refractivity (Wildman–Crippen MR) is 129 cm³/mol. The van der Waals surface area contributed by atoms with Crippen LogP contribution < -0.4 is 18.9 Å². The Morgan fingerprint density at radius 2 is 1.03 bits per heavy atom. The first-order chi connectivity index (χ1) is 16.6. The number of rotatable bonds is 14. The van der Waals surface area contributed by atoms with Crippen molar-refractivity contribution in [1.82, 2.24) is 0 Å². The molecular weight excluding hydrogens is 440 g/mol. The highest BCUT2D eigenvalue weighted by Gasteiger charge is 2.27. The lowest BCUT2D eigenvalue weighted by Gasteiger charge is -2.19. The molecule has 0 aliphatic carbocycles. The van der Waals surface area contributed by atoms with Gasteiger partial charge < -0.3 is 28.4 Å². The Morgan fingerprint density at radius 1 is 0.618 bits per heavy atom. The molecule has 2 aromatic rings. The van der Waals surface area contributed by atoms with Crippen molar-refractivity contribution in [1.29, 1.82) is 0 Å². The predicted octanol–water partition coefficient (Wildman–Crippen LogP) is 7.05. The Labute approximate surface area is 201 Å². The van der Waals surface area contributed by atoms with Gasteiger partial charge in [-0.2, -0.15) is 0 Å². The molecule has 0 amide bonds. The lowest BCUT2D eigenvalue weighted by atomic mass is 10.1. The highest BCUT2D eigenvalue weighted by atomic mass is 16.7. The molecule has 0 aromatic heterocycles. The summed E-state index contributed by atoms with van der Waals surface area (Å²) in [6.45, 7) is 4.75. The third-order valence-corrected chi connectivity index (χ3v) is 5.25. The Balaban J connectivity index is 2.26. The van der Waals surface area contributed by atoms with Crippen LogP contribution in [0.3, 0.4) is 0 Å². The molecule has 0 N–H and O–H groups in total. The monoisotopic (exact) mass is 476 g/mol. The van der Waals surface area contributed by atoms with Gasteiger partial charge in [-0.1, -0.05) is 76.6 Å². The standard InChI is InChI=1S/C26H36O8/c1-5-7-9-13-17-31-25(27)33-21-19-15-11-12-16-20(19)22(24(30-4)23(21)29-3)34-26(28)32-18-14-10-8-6-2/h11-12,15-16H,5-10,13-14,17-18H2,1-4H3. The zero-order chi connectivity index (χ0) is 24.8. The number of hydrogen-bond acceptors (Lipinski definition) is 8. The molecular formula is C26H36O8. The van der Waals surface area contributed by atoms with E-state index in [4.69, 9.17) is 28.4 Å². The summed E-state index contributed by atoms with van der Waals surface area (Å²) in [4.78, 5) is 24.7. The van der Waals surface area contributed by atoms with Gasteiger partial charge in [-0.3, -0.25) is 0 Å². The summed E-state index contributed by atoms with van der Waals surface area (Å²) in [5.41, 5.74) is 0. The summed E-state index contributed by atoms with van der Waals surface area (Å²) in [5, 5.41) is 0.989. The SMILES string of the molecule is CCCCCCOC(=O)Oc1c(OC)c(OC)c(OC(=O)OCCCCCC)c2ccccc12. The summed E-state index contributed by atoms with van der Waals surface area (Å²) in [5.74, 6) is 0.451. The number of ether oxygens (including phenoxy) is 6. The molecule has 2 aromatic carbocycles. The van der Waals surface area contributed by atoms with Crippen molar-refractivity contribution in [3.8, 4) is 23.0 Å². The lowest BCUT2D eigenvalue weighted by Crippen LogP contribution is -2.15. The molecule has 188 valence electrons. The van der Waals surface area contributed by atoms with Crippen molar-refractivity contribution in [2.24, 2.45) is 0 Å². The van der Waals surface area contributed by atoms with Crippen molar-refractivity contribution < 1.29 is 38.0 Å². The number of hydrogen-bond donors (Lipinski definition) is 0. The molecule has 8 heteroatoms. The van der Waals surface area contributed by atoms with Gasteiger partial charge in [0.2, 0.25) is 11.5 Å². The molecule has 0 unspecified atom stereocenters. The van der Waals surface area contributed by atoms with Gasteiger partial charge in [-0.25, -0.2) is 9.59 Å². The molecule has 0 fully saturated rings. The van der Waals surface area contributed by atoms with Crippen LogP contribution in [0.4, 0.5) is 9.59 Å². The summed E-state index contributed by atoms with van der Waals surface area (Å²) >= 11 is 0. The zero-order valence-corrected chi connectivity index (χ0v) is 20.6. The molecule has 34 heavy (non-hydrogen) atoms. The number of benzene rings is 2. The van der Waals surface area contributed by atoms with Gasteiger partial charge in [0.1, 0.15) is 0 Å². The average Bonchev–Trinajstić information content (AvgIpc) is 2.84. The quantitative estimate of drug-likeness (QED) is 0.163. The van der Waals surface area contributed by atoms with Gasteiger partial charge in [0.05, 0.1) is 27.4 Å². The molecule has 0 radical (unpaired) electrons. The van der Waals surface area contributed by atoms with Gasteiger partial charge >= 0.3 is 12.3 Å². The van der Waals surface area contributed by atoms with E-state index >= 15 is 0 Å². The number of carbonyl (C=O) groups excluding carboxylic acids is 2. The largest absolute Gasteiger partial charge is 0.513 e. The molecule has 0 aliphatic rings. The van der Waals surface area contributed by atoms with Crippen LogP contribution in [0.5, 0.6) is 23.0 Å². The molecule has 8 nitrogen and oxygen atoms in total. The van der Waals surface area contributed by atoms with E-state index in [2.05, 4.69) is 13.8 Å². The van der Waals surface area contributed by atoms with E-state index in [1.165, 1.54) is 14.2 Å². The Morgan fingerprint density at radius 3 is 1.38 bits per heavy atom.